The zero-order valence-electron chi connectivity index (χ0n) is 17.2. The first-order valence-corrected chi connectivity index (χ1v) is 14.5. The Balaban J connectivity index is 4.92. The van der Waals surface area contributed by atoms with E-state index in [0.717, 1.165) is 0 Å². The average molecular weight is 361 g/mol. The standard InChI is InChI=1S/C18H40O3Si2/c1-12-13-19-14-16(21-23(10,11)18(5,6)7)15-20-22(8,9)17(2,3)4/h12,16H,1,13-15H2,2-11H3. The first kappa shape index (κ1) is 23.1. The number of rotatable bonds is 9. The number of hydrogen-bond acceptors (Lipinski definition) is 3. The highest BCUT2D eigenvalue weighted by Gasteiger charge is 2.41. The predicted molar refractivity (Wildman–Crippen MR) is 106 cm³/mol. The van der Waals surface area contributed by atoms with Crippen molar-refractivity contribution in [3.05, 3.63) is 12.7 Å². The summed E-state index contributed by atoms with van der Waals surface area (Å²) >= 11 is 0. The maximum Gasteiger partial charge on any atom is 0.192 e. The maximum atomic E-state index is 6.53. The summed E-state index contributed by atoms with van der Waals surface area (Å²) in [5.41, 5.74) is 0. The normalized spacial score (nSPS) is 15.6. The summed E-state index contributed by atoms with van der Waals surface area (Å²) in [6, 6.07) is 0. The summed E-state index contributed by atoms with van der Waals surface area (Å²) < 4.78 is 18.6. The zero-order chi connectivity index (χ0) is 18.5. The Bertz CT molecular complexity index is 365. The molecule has 0 saturated heterocycles. The molecule has 0 aromatic heterocycles. The smallest absolute Gasteiger partial charge is 0.192 e. The van der Waals surface area contributed by atoms with Crippen LogP contribution in [0, 0.1) is 0 Å². The highest BCUT2D eigenvalue weighted by Crippen LogP contribution is 2.39. The minimum absolute atomic E-state index is 0.00929. The monoisotopic (exact) mass is 360 g/mol. The molecule has 1 atom stereocenters. The van der Waals surface area contributed by atoms with Crippen LogP contribution in [0.4, 0.5) is 0 Å². The fourth-order valence-electron chi connectivity index (χ4n) is 1.51. The van der Waals surface area contributed by atoms with Crippen LogP contribution in [0.25, 0.3) is 0 Å². The van der Waals surface area contributed by atoms with Gasteiger partial charge in [-0.25, -0.2) is 0 Å². The lowest BCUT2D eigenvalue weighted by molar-refractivity contribution is 0.0250. The SMILES string of the molecule is C=CCOCC(CO[Si](C)(C)C(C)(C)C)O[Si](C)(C)C(C)(C)C. The second-order valence-corrected chi connectivity index (χ2v) is 19.0. The van der Waals surface area contributed by atoms with Crippen LogP contribution in [0.15, 0.2) is 12.7 Å². The van der Waals surface area contributed by atoms with Gasteiger partial charge in [0.1, 0.15) is 0 Å². The van der Waals surface area contributed by atoms with E-state index >= 15 is 0 Å². The molecular formula is C18H40O3Si2. The van der Waals surface area contributed by atoms with Crippen molar-refractivity contribution in [1.82, 2.24) is 0 Å². The van der Waals surface area contributed by atoms with Crippen molar-refractivity contribution in [1.29, 1.82) is 0 Å². The molecule has 0 saturated carbocycles. The van der Waals surface area contributed by atoms with Gasteiger partial charge in [0.15, 0.2) is 16.6 Å². The van der Waals surface area contributed by atoms with Crippen molar-refractivity contribution in [2.75, 3.05) is 19.8 Å². The van der Waals surface area contributed by atoms with Crippen molar-refractivity contribution in [3.8, 4) is 0 Å². The van der Waals surface area contributed by atoms with Gasteiger partial charge in [-0.2, -0.15) is 0 Å². The van der Waals surface area contributed by atoms with E-state index in [9.17, 15) is 0 Å². The van der Waals surface area contributed by atoms with Crippen LogP contribution in [-0.4, -0.2) is 42.6 Å². The van der Waals surface area contributed by atoms with E-state index in [-0.39, 0.29) is 16.2 Å². The molecule has 0 aromatic carbocycles. The van der Waals surface area contributed by atoms with E-state index in [4.69, 9.17) is 13.6 Å². The largest absolute Gasteiger partial charge is 0.414 e. The molecule has 0 rings (SSSR count). The molecule has 0 aliphatic rings. The molecule has 0 aromatic rings. The third-order valence-electron chi connectivity index (χ3n) is 5.24. The summed E-state index contributed by atoms with van der Waals surface area (Å²) in [6.45, 7) is 28.1. The molecule has 0 bridgehead atoms. The van der Waals surface area contributed by atoms with Gasteiger partial charge in [-0.1, -0.05) is 47.6 Å². The van der Waals surface area contributed by atoms with E-state index < -0.39 is 16.6 Å². The molecule has 0 aliphatic heterocycles. The number of ether oxygens (including phenoxy) is 1. The molecule has 3 nitrogen and oxygen atoms in total. The van der Waals surface area contributed by atoms with Gasteiger partial charge < -0.3 is 13.6 Å². The quantitative estimate of drug-likeness (QED) is 0.304. The van der Waals surface area contributed by atoms with Crippen LogP contribution in [-0.2, 0) is 13.6 Å². The molecule has 0 heterocycles. The highest BCUT2D eigenvalue weighted by atomic mass is 28.4. The molecule has 138 valence electrons. The lowest BCUT2D eigenvalue weighted by atomic mass is 10.2. The molecular weight excluding hydrogens is 320 g/mol. The van der Waals surface area contributed by atoms with Crippen molar-refractivity contribution in [2.24, 2.45) is 0 Å². The topological polar surface area (TPSA) is 27.7 Å². The lowest BCUT2D eigenvalue weighted by Crippen LogP contribution is -2.49. The van der Waals surface area contributed by atoms with E-state index in [1.54, 1.807) is 6.08 Å². The summed E-state index contributed by atoms with van der Waals surface area (Å²) in [7, 11) is -3.62. The van der Waals surface area contributed by atoms with Crippen molar-refractivity contribution in [2.45, 2.75) is 83.9 Å². The van der Waals surface area contributed by atoms with Crippen LogP contribution in [0.5, 0.6) is 0 Å². The molecule has 0 radical (unpaired) electrons. The van der Waals surface area contributed by atoms with Gasteiger partial charge in [0, 0.05) is 0 Å². The summed E-state index contributed by atoms with van der Waals surface area (Å²) in [5, 5.41) is 0.386. The molecule has 23 heavy (non-hydrogen) atoms. The Hall–Kier alpha value is 0.0538. The van der Waals surface area contributed by atoms with E-state index in [0.29, 0.717) is 19.8 Å². The van der Waals surface area contributed by atoms with Crippen LogP contribution in [0.3, 0.4) is 0 Å². The highest BCUT2D eigenvalue weighted by molar-refractivity contribution is 6.74. The molecule has 0 spiro atoms. The Labute approximate surface area is 147 Å². The van der Waals surface area contributed by atoms with Gasteiger partial charge >= 0.3 is 0 Å². The van der Waals surface area contributed by atoms with E-state index in [2.05, 4.69) is 74.3 Å². The van der Waals surface area contributed by atoms with Crippen LogP contribution in [0.2, 0.25) is 36.3 Å². The van der Waals surface area contributed by atoms with Crippen LogP contribution >= 0.6 is 0 Å². The van der Waals surface area contributed by atoms with Gasteiger partial charge in [0.2, 0.25) is 0 Å². The van der Waals surface area contributed by atoms with Gasteiger partial charge in [-0.3, -0.25) is 0 Å². The summed E-state index contributed by atoms with van der Waals surface area (Å²) in [5.74, 6) is 0. The minimum atomic E-state index is -1.84. The maximum absolute atomic E-state index is 6.53. The Morgan fingerprint density at radius 2 is 1.35 bits per heavy atom. The zero-order valence-corrected chi connectivity index (χ0v) is 19.2. The fraction of sp³-hybridized carbons (Fsp3) is 0.889. The van der Waals surface area contributed by atoms with Gasteiger partial charge in [0.25, 0.3) is 0 Å². The number of hydrogen-bond donors (Lipinski definition) is 0. The Morgan fingerprint density at radius 1 is 0.870 bits per heavy atom. The molecule has 1 unspecified atom stereocenters. The second kappa shape index (κ2) is 8.43. The lowest BCUT2D eigenvalue weighted by Gasteiger charge is -2.41. The molecule has 0 amide bonds. The molecule has 5 heteroatoms. The first-order chi connectivity index (χ1) is 10.1. The van der Waals surface area contributed by atoms with E-state index in [1.807, 2.05) is 0 Å². The predicted octanol–water partition coefficient (Wildman–Crippen LogP) is 5.60. The Kier molecular flexibility index (Phi) is 8.45. The van der Waals surface area contributed by atoms with Gasteiger partial charge in [-0.15, -0.1) is 6.58 Å². The minimum Gasteiger partial charge on any atom is -0.414 e. The molecule has 0 fully saturated rings. The Morgan fingerprint density at radius 3 is 1.74 bits per heavy atom. The van der Waals surface area contributed by atoms with E-state index in [1.165, 1.54) is 0 Å². The van der Waals surface area contributed by atoms with Gasteiger partial charge in [-0.05, 0) is 36.3 Å². The second-order valence-electron chi connectivity index (χ2n) is 9.40. The molecule has 0 aliphatic carbocycles. The van der Waals surface area contributed by atoms with Crippen LogP contribution < -0.4 is 0 Å². The summed E-state index contributed by atoms with van der Waals surface area (Å²) in [4.78, 5) is 0. The van der Waals surface area contributed by atoms with Crippen LogP contribution in [0.1, 0.15) is 41.5 Å². The van der Waals surface area contributed by atoms with Gasteiger partial charge in [0.05, 0.1) is 25.9 Å². The summed E-state index contributed by atoms with van der Waals surface area (Å²) in [6.07, 6.45) is 1.77. The van der Waals surface area contributed by atoms with Crippen molar-refractivity contribution in [3.63, 3.8) is 0 Å². The third-order valence-corrected chi connectivity index (χ3v) is 14.3. The third kappa shape index (κ3) is 7.65. The fourth-order valence-corrected chi connectivity index (χ4v) is 3.87. The average Bonchev–Trinajstić information content (AvgIpc) is 2.33. The van der Waals surface area contributed by atoms with Crippen molar-refractivity contribution < 1.29 is 13.6 Å². The van der Waals surface area contributed by atoms with Crippen molar-refractivity contribution >= 4 is 16.6 Å². The molecule has 0 N–H and O–H groups in total. The first-order valence-electron chi connectivity index (χ1n) is 8.64.